The van der Waals surface area contributed by atoms with E-state index in [-0.39, 0.29) is 0 Å². The van der Waals surface area contributed by atoms with Crippen LogP contribution in [0.2, 0.25) is 0 Å². The number of hydrogen-bond acceptors (Lipinski definition) is 2. The molecule has 0 radical (unpaired) electrons. The maximum absolute atomic E-state index is 11.6. The van der Waals surface area contributed by atoms with Gasteiger partial charge in [0.15, 0.2) is 0 Å². The zero-order valence-corrected chi connectivity index (χ0v) is 8.59. The van der Waals surface area contributed by atoms with Gasteiger partial charge in [-0.15, -0.1) is 0 Å². The largest absolute Gasteiger partial charge is 0.330 e. The van der Waals surface area contributed by atoms with Gasteiger partial charge < -0.3 is 5.73 Å². The number of rotatable bonds is 4. The summed E-state index contributed by atoms with van der Waals surface area (Å²) in [6.07, 6.45) is 6.27. The first-order valence-electron chi connectivity index (χ1n) is 5.50. The summed E-state index contributed by atoms with van der Waals surface area (Å²) < 4.78 is 0. The highest BCUT2D eigenvalue weighted by Crippen LogP contribution is 2.29. The molecule has 1 fully saturated rings. The van der Waals surface area contributed by atoms with E-state index < -0.39 is 0 Å². The normalized spacial score (nSPS) is 28.8. The van der Waals surface area contributed by atoms with Crippen molar-refractivity contribution in [3.63, 3.8) is 0 Å². The average molecular weight is 183 g/mol. The first kappa shape index (κ1) is 10.7. The van der Waals surface area contributed by atoms with E-state index in [9.17, 15) is 4.79 Å². The van der Waals surface area contributed by atoms with Gasteiger partial charge in [-0.3, -0.25) is 4.79 Å². The van der Waals surface area contributed by atoms with Crippen molar-refractivity contribution in [2.24, 2.45) is 17.6 Å². The monoisotopic (exact) mass is 183 g/mol. The highest BCUT2D eigenvalue weighted by atomic mass is 16.1. The molecule has 0 atom stereocenters. The first-order valence-corrected chi connectivity index (χ1v) is 5.50. The molecular formula is C11H21NO. The second-order valence-corrected chi connectivity index (χ2v) is 4.17. The third kappa shape index (κ3) is 3.11. The van der Waals surface area contributed by atoms with Crippen LogP contribution in [0.1, 0.15) is 45.4 Å². The second kappa shape index (κ2) is 5.38. The minimum atomic E-state index is 0.364. The Kier molecular flexibility index (Phi) is 4.43. The minimum Gasteiger partial charge on any atom is -0.330 e. The van der Waals surface area contributed by atoms with Crippen LogP contribution in [-0.2, 0) is 4.79 Å². The molecule has 2 heteroatoms. The molecule has 1 rings (SSSR count). The predicted octanol–water partition coefficient (Wildman–Crippen LogP) is 2.12. The molecular weight excluding hydrogens is 162 g/mol. The van der Waals surface area contributed by atoms with Gasteiger partial charge in [-0.1, -0.05) is 6.92 Å². The van der Waals surface area contributed by atoms with Crippen molar-refractivity contribution < 1.29 is 4.79 Å². The van der Waals surface area contributed by atoms with Gasteiger partial charge in [-0.05, 0) is 44.6 Å². The van der Waals surface area contributed by atoms with Gasteiger partial charge in [0.2, 0.25) is 0 Å². The van der Waals surface area contributed by atoms with E-state index in [0.717, 1.165) is 45.1 Å². The zero-order valence-electron chi connectivity index (χ0n) is 8.59. The molecule has 0 bridgehead atoms. The molecule has 0 aromatic heterocycles. The van der Waals surface area contributed by atoms with E-state index in [0.29, 0.717) is 17.6 Å². The van der Waals surface area contributed by atoms with Crippen LogP contribution >= 0.6 is 0 Å². The Morgan fingerprint density at radius 2 is 1.92 bits per heavy atom. The van der Waals surface area contributed by atoms with Crippen molar-refractivity contribution in [1.82, 2.24) is 0 Å². The fourth-order valence-corrected chi connectivity index (χ4v) is 2.17. The Morgan fingerprint density at radius 3 is 2.38 bits per heavy atom. The SMILES string of the molecule is CCCC(=O)C1CCC(CN)CC1. The smallest absolute Gasteiger partial charge is 0.135 e. The van der Waals surface area contributed by atoms with E-state index >= 15 is 0 Å². The molecule has 76 valence electrons. The summed E-state index contributed by atoms with van der Waals surface area (Å²) in [6.45, 7) is 2.87. The maximum Gasteiger partial charge on any atom is 0.135 e. The third-order valence-corrected chi connectivity index (χ3v) is 3.13. The van der Waals surface area contributed by atoms with E-state index in [2.05, 4.69) is 6.92 Å². The van der Waals surface area contributed by atoms with Crippen molar-refractivity contribution in [3.05, 3.63) is 0 Å². The van der Waals surface area contributed by atoms with Crippen LogP contribution in [0.5, 0.6) is 0 Å². The van der Waals surface area contributed by atoms with Gasteiger partial charge in [-0.25, -0.2) is 0 Å². The third-order valence-electron chi connectivity index (χ3n) is 3.13. The van der Waals surface area contributed by atoms with Crippen molar-refractivity contribution in [1.29, 1.82) is 0 Å². The standard InChI is InChI=1S/C11H21NO/c1-2-3-11(13)10-6-4-9(8-12)5-7-10/h9-10H,2-8,12H2,1H3. The van der Waals surface area contributed by atoms with Crippen LogP contribution in [0.15, 0.2) is 0 Å². The Hall–Kier alpha value is -0.370. The number of carbonyl (C=O) groups excluding carboxylic acids is 1. The summed E-state index contributed by atoms with van der Waals surface area (Å²) in [4.78, 5) is 11.6. The maximum atomic E-state index is 11.6. The molecule has 1 aliphatic carbocycles. The summed E-state index contributed by atoms with van der Waals surface area (Å²) in [5.74, 6) is 1.53. The Bertz CT molecular complexity index is 159. The van der Waals surface area contributed by atoms with Crippen molar-refractivity contribution in [2.45, 2.75) is 45.4 Å². The molecule has 1 saturated carbocycles. The summed E-state index contributed by atoms with van der Waals surface area (Å²) in [5.41, 5.74) is 5.60. The number of hydrogen-bond donors (Lipinski definition) is 1. The van der Waals surface area contributed by atoms with Gasteiger partial charge in [-0.2, -0.15) is 0 Å². The van der Waals surface area contributed by atoms with Gasteiger partial charge in [0.05, 0.1) is 0 Å². The number of ketones is 1. The molecule has 1 aliphatic rings. The predicted molar refractivity (Wildman–Crippen MR) is 54.4 cm³/mol. The average Bonchev–Trinajstić information content (AvgIpc) is 2.18. The quantitative estimate of drug-likeness (QED) is 0.725. The molecule has 2 N–H and O–H groups in total. The van der Waals surface area contributed by atoms with E-state index in [1.165, 1.54) is 0 Å². The van der Waals surface area contributed by atoms with Gasteiger partial charge >= 0.3 is 0 Å². The Labute approximate surface area is 80.9 Å². The van der Waals surface area contributed by atoms with Crippen LogP contribution < -0.4 is 5.73 Å². The molecule has 0 heterocycles. The fraction of sp³-hybridized carbons (Fsp3) is 0.909. The lowest BCUT2D eigenvalue weighted by Gasteiger charge is -2.26. The molecule has 2 nitrogen and oxygen atoms in total. The summed E-state index contributed by atoms with van der Waals surface area (Å²) in [5, 5.41) is 0. The molecule has 0 aromatic carbocycles. The van der Waals surface area contributed by atoms with Gasteiger partial charge in [0.1, 0.15) is 5.78 Å². The molecule has 0 unspecified atom stereocenters. The Morgan fingerprint density at radius 1 is 1.31 bits per heavy atom. The van der Waals surface area contributed by atoms with Gasteiger partial charge in [0, 0.05) is 12.3 Å². The van der Waals surface area contributed by atoms with Crippen LogP contribution in [-0.4, -0.2) is 12.3 Å². The number of nitrogens with two attached hydrogens (primary N) is 1. The van der Waals surface area contributed by atoms with Crippen molar-refractivity contribution in [3.8, 4) is 0 Å². The van der Waals surface area contributed by atoms with Crippen molar-refractivity contribution in [2.75, 3.05) is 6.54 Å². The topological polar surface area (TPSA) is 43.1 Å². The molecule has 0 aliphatic heterocycles. The summed E-state index contributed by atoms with van der Waals surface area (Å²) >= 11 is 0. The lowest BCUT2D eigenvalue weighted by molar-refractivity contribution is -0.124. The fourth-order valence-electron chi connectivity index (χ4n) is 2.17. The Balaban J connectivity index is 2.28. The summed E-state index contributed by atoms with van der Waals surface area (Å²) in [6, 6.07) is 0. The highest BCUT2D eigenvalue weighted by molar-refractivity contribution is 5.80. The lowest BCUT2D eigenvalue weighted by atomic mass is 9.79. The van der Waals surface area contributed by atoms with E-state index in [1.807, 2.05) is 0 Å². The van der Waals surface area contributed by atoms with E-state index in [1.54, 1.807) is 0 Å². The molecule has 0 amide bonds. The minimum absolute atomic E-state index is 0.364. The lowest BCUT2D eigenvalue weighted by Crippen LogP contribution is -2.25. The van der Waals surface area contributed by atoms with Gasteiger partial charge in [0.25, 0.3) is 0 Å². The zero-order chi connectivity index (χ0) is 9.68. The number of carbonyl (C=O) groups is 1. The van der Waals surface area contributed by atoms with E-state index in [4.69, 9.17) is 5.73 Å². The first-order chi connectivity index (χ1) is 6.27. The van der Waals surface area contributed by atoms with Crippen LogP contribution in [0.4, 0.5) is 0 Å². The van der Waals surface area contributed by atoms with Crippen LogP contribution in [0.25, 0.3) is 0 Å². The van der Waals surface area contributed by atoms with Crippen molar-refractivity contribution >= 4 is 5.78 Å². The molecule has 0 saturated heterocycles. The highest BCUT2D eigenvalue weighted by Gasteiger charge is 2.24. The molecule has 0 aromatic rings. The molecule has 13 heavy (non-hydrogen) atoms. The number of Topliss-reactive ketones (excluding diaryl/α,β-unsaturated/α-hetero) is 1. The van der Waals surface area contributed by atoms with Crippen LogP contribution in [0.3, 0.4) is 0 Å². The summed E-state index contributed by atoms with van der Waals surface area (Å²) in [7, 11) is 0. The van der Waals surface area contributed by atoms with Crippen LogP contribution in [0, 0.1) is 11.8 Å². The second-order valence-electron chi connectivity index (χ2n) is 4.17. The molecule has 0 spiro atoms.